The molecular weight excluding hydrogens is 350 g/mol. The van der Waals surface area contributed by atoms with Gasteiger partial charge >= 0.3 is 0 Å². The number of para-hydroxylation sites is 2. The minimum atomic E-state index is 0.0915. The van der Waals surface area contributed by atoms with Gasteiger partial charge in [-0.1, -0.05) is 24.3 Å². The summed E-state index contributed by atoms with van der Waals surface area (Å²) in [6, 6.07) is 14.3. The Hall–Kier alpha value is -2.82. The number of nitrogens with one attached hydrogen (secondary N) is 1. The van der Waals surface area contributed by atoms with Crippen molar-refractivity contribution in [3.8, 4) is 5.75 Å². The number of benzene rings is 2. The molecule has 0 atom stereocenters. The number of carbonyl (C=O) groups is 1. The maximum absolute atomic E-state index is 12.1. The number of carbonyl (C=O) groups excluding carboxylic acids is 1. The summed E-state index contributed by atoms with van der Waals surface area (Å²) in [4.78, 5) is 16.6. The van der Waals surface area contributed by atoms with Crippen molar-refractivity contribution in [2.75, 3.05) is 13.2 Å². The third kappa shape index (κ3) is 5.12. The molecule has 3 aromatic rings. The van der Waals surface area contributed by atoms with Crippen LogP contribution in [0.15, 0.2) is 42.5 Å². The molecular formula is C23H29N3O2. The molecule has 1 heterocycles. The second-order valence-electron chi connectivity index (χ2n) is 7.22. The Morgan fingerprint density at radius 2 is 1.93 bits per heavy atom. The minimum Gasteiger partial charge on any atom is -0.493 e. The Bertz CT molecular complexity index is 946. The largest absolute Gasteiger partial charge is 0.493 e. The average molecular weight is 380 g/mol. The van der Waals surface area contributed by atoms with E-state index in [2.05, 4.69) is 46.1 Å². The quantitative estimate of drug-likeness (QED) is 0.563. The maximum Gasteiger partial charge on any atom is 0.220 e. The van der Waals surface area contributed by atoms with E-state index in [0.717, 1.165) is 47.6 Å². The van der Waals surface area contributed by atoms with Gasteiger partial charge in [0.25, 0.3) is 0 Å². The molecule has 28 heavy (non-hydrogen) atoms. The van der Waals surface area contributed by atoms with Crippen molar-refractivity contribution >= 4 is 16.9 Å². The monoisotopic (exact) mass is 379 g/mol. The van der Waals surface area contributed by atoms with Crippen molar-refractivity contribution in [2.45, 2.75) is 46.6 Å². The zero-order chi connectivity index (χ0) is 19.9. The number of aromatic nitrogens is 2. The van der Waals surface area contributed by atoms with Gasteiger partial charge in [-0.15, -0.1) is 0 Å². The summed E-state index contributed by atoms with van der Waals surface area (Å²) >= 11 is 0. The van der Waals surface area contributed by atoms with E-state index < -0.39 is 0 Å². The predicted molar refractivity (Wildman–Crippen MR) is 113 cm³/mol. The van der Waals surface area contributed by atoms with E-state index in [-0.39, 0.29) is 5.91 Å². The number of hydrogen-bond donors (Lipinski definition) is 1. The number of fused-ring (bicyclic) bond motifs is 1. The molecule has 0 fully saturated rings. The van der Waals surface area contributed by atoms with E-state index in [9.17, 15) is 4.79 Å². The lowest BCUT2D eigenvalue weighted by Crippen LogP contribution is -2.27. The zero-order valence-electron chi connectivity index (χ0n) is 17.0. The summed E-state index contributed by atoms with van der Waals surface area (Å²) in [7, 11) is 0. The van der Waals surface area contributed by atoms with E-state index in [4.69, 9.17) is 4.74 Å². The average Bonchev–Trinajstić information content (AvgIpc) is 2.99. The molecule has 0 radical (unpaired) electrons. The lowest BCUT2D eigenvalue weighted by atomic mass is 10.1. The number of unbranched alkanes of at least 4 members (excludes halogenated alkanes) is 1. The van der Waals surface area contributed by atoms with Gasteiger partial charge in [0.05, 0.1) is 17.6 Å². The highest BCUT2D eigenvalue weighted by molar-refractivity contribution is 5.76. The van der Waals surface area contributed by atoms with E-state index >= 15 is 0 Å². The number of nitrogens with zero attached hydrogens (tertiary/aromatic N) is 2. The summed E-state index contributed by atoms with van der Waals surface area (Å²) in [6.07, 6.45) is 2.22. The van der Waals surface area contributed by atoms with Gasteiger partial charge in [0, 0.05) is 19.5 Å². The molecule has 0 aliphatic heterocycles. The fraction of sp³-hybridized carbons (Fsp3) is 0.391. The number of amides is 1. The van der Waals surface area contributed by atoms with Crippen molar-refractivity contribution in [1.29, 1.82) is 0 Å². The van der Waals surface area contributed by atoms with Crippen molar-refractivity contribution < 1.29 is 9.53 Å². The van der Waals surface area contributed by atoms with Crippen LogP contribution in [0.1, 0.15) is 36.2 Å². The normalized spacial score (nSPS) is 11.0. The highest BCUT2D eigenvalue weighted by Crippen LogP contribution is 2.19. The molecule has 1 amide bonds. The molecule has 5 heteroatoms. The first-order chi connectivity index (χ1) is 13.5. The topological polar surface area (TPSA) is 56.1 Å². The van der Waals surface area contributed by atoms with Gasteiger partial charge in [-0.25, -0.2) is 4.98 Å². The van der Waals surface area contributed by atoms with Crippen LogP contribution in [0, 0.1) is 20.8 Å². The van der Waals surface area contributed by atoms with Gasteiger partial charge in [-0.05, 0) is 62.9 Å². The Morgan fingerprint density at radius 3 is 2.79 bits per heavy atom. The molecule has 0 spiro atoms. The van der Waals surface area contributed by atoms with E-state index in [1.807, 2.05) is 32.0 Å². The van der Waals surface area contributed by atoms with Crippen molar-refractivity contribution in [3.63, 3.8) is 0 Å². The molecule has 0 saturated carbocycles. The van der Waals surface area contributed by atoms with E-state index in [1.165, 1.54) is 5.56 Å². The molecule has 2 aromatic carbocycles. The number of aryl methyl sites for hydroxylation is 3. The molecule has 0 aliphatic rings. The number of imidazole rings is 1. The standard InChI is InChI=1S/C23H29N3O2/c1-17-11-12-18(2)22(16-17)28-15-7-6-10-23(27)24-13-14-26-19(3)25-20-8-4-5-9-21(20)26/h4-5,8-9,11-12,16H,6-7,10,13-15H2,1-3H3,(H,24,27). The van der Waals surface area contributed by atoms with Crippen LogP contribution in [-0.4, -0.2) is 28.6 Å². The fourth-order valence-electron chi connectivity index (χ4n) is 3.31. The van der Waals surface area contributed by atoms with E-state index in [1.54, 1.807) is 0 Å². The summed E-state index contributed by atoms with van der Waals surface area (Å²) in [5.41, 5.74) is 4.44. The third-order valence-electron chi connectivity index (χ3n) is 4.90. The minimum absolute atomic E-state index is 0.0915. The van der Waals surface area contributed by atoms with Crippen molar-refractivity contribution in [2.24, 2.45) is 0 Å². The summed E-state index contributed by atoms with van der Waals surface area (Å²) in [5, 5.41) is 3.01. The van der Waals surface area contributed by atoms with Gasteiger partial charge in [0.15, 0.2) is 0 Å². The second kappa shape index (κ2) is 9.40. The van der Waals surface area contributed by atoms with E-state index in [0.29, 0.717) is 19.6 Å². The first-order valence-corrected chi connectivity index (χ1v) is 9.93. The van der Waals surface area contributed by atoms with Crippen LogP contribution in [0.25, 0.3) is 11.0 Å². The Labute approximate surface area is 166 Å². The summed E-state index contributed by atoms with van der Waals surface area (Å²) in [5.74, 6) is 2.00. The molecule has 0 unspecified atom stereocenters. The third-order valence-corrected chi connectivity index (χ3v) is 4.90. The van der Waals surface area contributed by atoms with Gasteiger partial charge < -0.3 is 14.6 Å². The first-order valence-electron chi connectivity index (χ1n) is 9.93. The van der Waals surface area contributed by atoms with Crippen LogP contribution in [0.3, 0.4) is 0 Å². The van der Waals surface area contributed by atoms with Gasteiger partial charge in [-0.3, -0.25) is 4.79 Å². The van der Waals surface area contributed by atoms with Gasteiger partial charge in [-0.2, -0.15) is 0 Å². The lowest BCUT2D eigenvalue weighted by molar-refractivity contribution is -0.121. The molecule has 1 N–H and O–H groups in total. The molecule has 5 nitrogen and oxygen atoms in total. The van der Waals surface area contributed by atoms with Crippen LogP contribution < -0.4 is 10.1 Å². The molecule has 1 aromatic heterocycles. The predicted octanol–water partition coefficient (Wildman–Crippen LogP) is 4.33. The lowest BCUT2D eigenvalue weighted by Gasteiger charge is -2.10. The van der Waals surface area contributed by atoms with Crippen LogP contribution >= 0.6 is 0 Å². The molecule has 3 rings (SSSR count). The van der Waals surface area contributed by atoms with Gasteiger partial charge in [0.2, 0.25) is 5.91 Å². The van der Waals surface area contributed by atoms with Crippen LogP contribution in [0.5, 0.6) is 5.75 Å². The number of ether oxygens (including phenoxy) is 1. The molecule has 0 bridgehead atoms. The highest BCUT2D eigenvalue weighted by atomic mass is 16.5. The second-order valence-corrected chi connectivity index (χ2v) is 7.22. The Morgan fingerprint density at radius 1 is 1.11 bits per heavy atom. The van der Waals surface area contributed by atoms with Crippen LogP contribution in [0.4, 0.5) is 0 Å². The summed E-state index contributed by atoms with van der Waals surface area (Å²) < 4.78 is 7.99. The number of rotatable bonds is 9. The van der Waals surface area contributed by atoms with Crippen LogP contribution in [0.2, 0.25) is 0 Å². The molecule has 148 valence electrons. The zero-order valence-corrected chi connectivity index (χ0v) is 17.0. The number of hydrogen-bond acceptors (Lipinski definition) is 3. The fourth-order valence-corrected chi connectivity index (χ4v) is 3.31. The summed E-state index contributed by atoms with van der Waals surface area (Å²) in [6.45, 7) is 8.08. The highest BCUT2D eigenvalue weighted by Gasteiger charge is 2.07. The first kappa shape index (κ1) is 19.9. The van der Waals surface area contributed by atoms with Crippen LogP contribution in [-0.2, 0) is 11.3 Å². The Balaban J connectivity index is 1.35. The van der Waals surface area contributed by atoms with Crippen molar-refractivity contribution in [1.82, 2.24) is 14.9 Å². The van der Waals surface area contributed by atoms with Crippen molar-refractivity contribution in [3.05, 3.63) is 59.4 Å². The van der Waals surface area contributed by atoms with Gasteiger partial charge in [0.1, 0.15) is 11.6 Å². The molecule has 0 saturated heterocycles. The smallest absolute Gasteiger partial charge is 0.220 e. The maximum atomic E-state index is 12.1. The Kier molecular flexibility index (Phi) is 6.69. The SMILES string of the molecule is Cc1ccc(C)c(OCCCCC(=O)NCCn2c(C)nc3ccccc32)c1. The molecule has 0 aliphatic carbocycles.